The van der Waals surface area contributed by atoms with Crippen LogP contribution < -0.4 is 15.2 Å². The second kappa shape index (κ2) is 8.60. The van der Waals surface area contributed by atoms with Crippen molar-refractivity contribution in [1.82, 2.24) is 14.5 Å². The Morgan fingerprint density at radius 2 is 1.84 bits per heavy atom. The Hall–Kier alpha value is -2.84. The van der Waals surface area contributed by atoms with Gasteiger partial charge in [-0.2, -0.15) is 0 Å². The molecule has 1 unspecified atom stereocenters. The van der Waals surface area contributed by atoms with E-state index >= 15 is 0 Å². The fraction of sp³-hybridized carbons (Fsp3) is 0.333. The van der Waals surface area contributed by atoms with Crippen LogP contribution in [0.25, 0.3) is 5.69 Å². The standard InChI is InChI=1S/C24H25FN4O2S/c1-27-9-11-28(12-10-27)20-8-7-18(13-21(20)31-2)29-15-26-19-14-22(32-23(19)24(29)30)16-3-5-17(25)6-4-16/h3-8,13,15,22H,9-12,14H2,1-2H3. The van der Waals surface area contributed by atoms with Gasteiger partial charge < -0.3 is 14.5 Å². The molecule has 0 aliphatic carbocycles. The average molecular weight is 453 g/mol. The van der Waals surface area contributed by atoms with Gasteiger partial charge >= 0.3 is 0 Å². The monoisotopic (exact) mass is 452 g/mol. The molecule has 0 spiro atoms. The van der Waals surface area contributed by atoms with E-state index in [1.807, 2.05) is 18.2 Å². The van der Waals surface area contributed by atoms with Gasteiger partial charge in [0.1, 0.15) is 17.9 Å². The highest BCUT2D eigenvalue weighted by molar-refractivity contribution is 7.99. The zero-order valence-electron chi connectivity index (χ0n) is 18.1. The van der Waals surface area contributed by atoms with E-state index in [2.05, 4.69) is 21.8 Å². The third kappa shape index (κ3) is 3.89. The molecular weight excluding hydrogens is 427 g/mol. The first-order valence-corrected chi connectivity index (χ1v) is 11.6. The Morgan fingerprint density at radius 3 is 2.56 bits per heavy atom. The smallest absolute Gasteiger partial charge is 0.271 e. The Balaban J connectivity index is 1.44. The first-order chi connectivity index (χ1) is 15.5. The van der Waals surface area contributed by atoms with E-state index in [1.165, 1.54) is 23.9 Å². The number of likely N-dealkylation sites (N-methyl/N-ethyl adjacent to an activating group) is 1. The Bertz CT molecular complexity index is 1190. The van der Waals surface area contributed by atoms with Crippen molar-refractivity contribution in [2.75, 3.05) is 45.2 Å². The van der Waals surface area contributed by atoms with Crippen LogP contribution in [0, 0.1) is 5.82 Å². The number of fused-ring (bicyclic) bond motifs is 1. The average Bonchev–Trinajstić information content (AvgIpc) is 3.25. The quantitative estimate of drug-likeness (QED) is 0.604. The van der Waals surface area contributed by atoms with Crippen molar-refractivity contribution in [2.45, 2.75) is 16.6 Å². The van der Waals surface area contributed by atoms with Crippen LogP contribution in [0.1, 0.15) is 16.5 Å². The highest BCUT2D eigenvalue weighted by Crippen LogP contribution is 2.44. The second-order valence-electron chi connectivity index (χ2n) is 8.20. The summed E-state index contributed by atoms with van der Waals surface area (Å²) in [4.78, 5) is 23.2. The van der Waals surface area contributed by atoms with Crippen LogP contribution >= 0.6 is 11.8 Å². The maximum atomic E-state index is 13.3. The van der Waals surface area contributed by atoms with Gasteiger partial charge in [-0.05, 0) is 36.9 Å². The minimum Gasteiger partial charge on any atom is -0.495 e. The van der Waals surface area contributed by atoms with Crippen LogP contribution in [0.2, 0.25) is 0 Å². The summed E-state index contributed by atoms with van der Waals surface area (Å²) < 4.78 is 20.5. The minimum atomic E-state index is -0.260. The van der Waals surface area contributed by atoms with E-state index in [4.69, 9.17) is 4.74 Å². The molecule has 5 rings (SSSR count). The van der Waals surface area contributed by atoms with E-state index in [-0.39, 0.29) is 16.6 Å². The lowest BCUT2D eigenvalue weighted by molar-refractivity contribution is 0.311. The van der Waals surface area contributed by atoms with Gasteiger partial charge in [0, 0.05) is 43.9 Å². The number of rotatable bonds is 4. The normalized spacial score (nSPS) is 18.6. The van der Waals surface area contributed by atoms with E-state index in [1.54, 1.807) is 30.1 Å². The molecule has 1 fully saturated rings. The molecule has 0 bridgehead atoms. The lowest BCUT2D eigenvalue weighted by atomic mass is 10.1. The highest BCUT2D eigenvalue weighted by Gasteiger charge is 2.28. The number of halogens is 1. The van der Waals surface area contributed by atoms with Gasteiger partial charge in [0.15, 0.2) is 0 Å². The molecule has 2 aromatic carbocycles. The van der Waals surface area contributed by atoms with E-state index in [9.17, 15) is 9.18 Å². The fourth-order valence-electron chi connectivity index (χ4n) is 4.27. The van der Waals surface area contributed by atoms with Crippen molar-refractivity contribution >= 4 is 17.4 Å². The molecule has 1 atom stereocenters. The molecule has 3 heterocycles. The van der Waals surface area contributed by atoms with Crippen molar-refractivity contribution in [3.05, 3.63) is 76.2 Å². The molecule has 32 heavy (non-hydrogen) atoms. The van der Waals surface area contributed by atoms with Gasteiger partial charge in [-0.25, -0.2) is 9.37 Å². The predicted molar refractivity (Wildman–Crippen MR) is 125 cm³/mol. The van der Waals surface area contributed by atoms with Gasteiger partial charge in [-0.15, -0.1) is 11.8 Å². The number of hydrogen-bond acceptors (Lipinski definition) is 6. The molecule has 1 saturated heterocycles. The largest absolute Gasteiger partial charge is 0.495 e. The first-order valence-electron chi connectivity index (χ1n) is 10.7. The summed E-state index contributed by atoms with van der Waals surface area (Å²) in [6.45, 7) is 3.89. The van der Waals surface area contributed by atoms with Crippen LogP contribution in [0.3, 0.4) is 0 Å². The molecule has 0 saturated carbocycles. The molecule has 6 nitrogen and oxygen atoms in total. The van der Waals surface area contributed by atoms with Gasteiger partial charge in [-0.3, -0.25) is 9.36 Å². The zero-order valence-corrected chi connectivity index (χ0v) is 18.9. The minimum absolute atomic E-state index is 0.0656. The van der Waals surface area contributed by atoms with E-state index in [0.717, 1.165) is 54.6 Å². The van der Waals surface area contributed by atoms with Crippen molar-refractivity contribution in [1.29, 1.82) is 0 Å². The summed E-state index contributed by atoms with van der Waals surface area (Å²) in [5.41, 5.74) is 3.48. The number of piperazine rings is 1. The van der Waals surface area contributed by atoms with E-state index < -0.39 is 0 Å². The van der Waals surface area contributed by atoms with Gasteiger partial charge in [0.05, 0.1) is 29.1 Å². The fourth-order valence-corrected chi connectivity index (χ4v) is 5.56. The summed E-state index contributed by atoms with van der Waals surface area (Å²) in [6.07, 6.45) is 2.26. The molecule has 166 valence electrons. The van der Waals surface area contributed by atoms with Crippen LogP contribution in [0.5, 0.6) is 5.75 Å². The molecule has 2 aliphatic rings. The molecule has 0 amide bonds. The Labute approximate surface area is 190 Å². The van der Waals surface area contributed by atoms with Gasteiger partial charge in [-0.1, -0.05) is 12.1 Å². The molecule has 0 radical (unpaired) electrons. The van der Waals surface area contributed by atoms with E-state index in [0.29, 0.717) is 11.3 Å². The highest BCUT2D eigenvalue weighted by atomic mass is 32.2. The summed E-state index contributed by atoms with van der Waals surface area (Å²) in [5, 5.41) is 0.0656. The zero-order chi connectivity index (χ0) is 22.2. The number of thioether (sulfide) groups is 1. The molecular formula is C24H25FN4O2S. The number of nitrogens with zero attached hydrogens (tertiary/aromatic N) is 4. The topological polar surface area (TPSA) is 50.6 Å². The number of aromatic nitrogens is 2. The predicted octanol–water partition coefficient (Wildman–Crippen LogP) is 3.52. The van der Waals surface area contributed by atoms with Crippen LogP contribution in [-0.4, -0.2) is 54.8 Å². The molecule has 1 aromatic heterocycles. The lowest BCUT2D eigenvalue weighted by Crippen LogP contribution is -2.44. The van der Waals surface area contributed by atoms with Crippen molar-refractivity contribution in [3.8, 4) is 11.4 Å². The van der Waals surface area contributed by atoms with Crippen LogP contribution in [0.15, 0.2) is 58.5 Å². The summed E-state index contributed by atoms with van der Waals surface area (Å²) in [7, 11) is 3.79. The number of benzene rings is 2. The Kier molecular flexibility index (Phi) is 5.65. The summed E-state index contributed by atoms with van der Waals surface area (Å²) in [6, 6.07) is 12.3. The molecule has 8 heteroatoms. The van der Waals surface area contributed by atoms with Crippen LogP contribution in [-0.2, 0) is 6.42 Å². The molecule has 2 aliphatic heterocycles. The number of ether oxygens (including phenoxy) is 1. The lowest BCUT2D eigenvalue weighted by Gasteiger charge is -2.34. The number of hydrogen-bond donors (Lipinski definition) is 0. The third-order valence-electron chi connectivity index (χ3n) is 6.17. The first kappa shape index (κ1) is 21.0. The molecule has 3 aromatic rings. The second-order valence-corrected chi connectivity index (χ2v) is 9.42. The van der Waals surface area contributed by atoms with Crippen LogP contribution in [0.4, 0.5) is 10.1 Å². The van der Waals surface area contributed by atoms with Crippen molar-refractivity contribution in [3.63, 3.8) is 0 Å². The summed E-state index contributed by atoms with van der Waals surface area (Å²) >= 11 is 1.50. The SMILES string of the molecule is COc1cc(-n2cnc3c(c2=O)SC(c2ccc(F)cc2)C3)ccc1N1CCN(C)CC1. The maximum absolute atomic E-state index is 13.3. The number of methoxy groups -OCH3 is 1. The summed E-state index contributed by atoms with van der Waals surface area (Å²) in [5.74, 6) is 0.486. The van der Waals surface area contributed by atoms with Gasteiger partial charge in [0.25, 0.3) is 5.56 Å². The van der Waals surface area contributed by atoms with Crippen molar-refractivity contribution < 1.29 is 9.13 Å². The molecule has 0 N–H and O–H groups in total. The number of anilines is 1. The Morgan fingerprint density at radius 1 is 1.09 bits per heavy atom. The van der Waals surface area contributed by atoms with Gasteiger partial charge in [0.2, 0.25) is 0 Å². The maximum Gasteiger partial charge on any atom is 0.271 e. The van der Waals surface area contributed by atoms with Crippen molar-refractivity contribution in [2.24, 2.45) is 0 Å². The third-order valence-corrected chi connectivity index (χ3v) is 7.54.